The van der Waals surface area contributed by atoms with Gasteiger partial charge in [-0.05, 0) is 31.0 Å². The number of oxazole rings is 1. The van der Waals surface area contributed by atoms with E-state index in [9.17, 15) is 9.18 Å². The Balaban J connectivity index is 1.34. The molecule has 1 aromatic heterocycles. The van der Waals surface area contributed by atoms with Crippen molar-refractivity contribution in [2.24, 2.45) is 0 Å². The lowest BCUT2D eigenvalue weighted by molar-refractivity contribution is 0.131. The average molecular weight is 344 g/mol. The molecular weight excluding hydrogens is 323 g/mol. The van der Waals surface area contributed by atoms with E-state index >= 15 is 0 Å². The number of carbonyl (C=O) groups is 1. The standard InChI is InChI=1S/C18H21FN4O2/c19-14-3-1-2-13(10-14)17-21-15(12-25-17)11-22-7-4-16(5-8-22)23-9-6-20-18(23)24/h1-3,10,12,16H,4-9,11H2,(H,20,24). The summed E-state index contributed by atoms with van der Waals surface area (Å²) in [5.41, 5.74) is 1.49. The first-order chi connectivity index (χ1) is 12.2. The molecule has 2 fully saturated rings. The van der Waals surface area contributed by atoms with E-state index in [4.69, 9.17) is 4.42 Å². The van der Waals surface area contributed by atoms with Crippen LogP contribution in [-0.4, -0.2) is 53.0 Å². The SMILES string of the molecule is O=C1NCCN1C1CCN(Cc2coc(-c3cccc(F)c3)n2)CC1. The van der Waals surface area contributed by atoms with Gasteiger partial charge in [0.05, 0.1) is 5.69 Å². The fourth-order valence-electron chi connectivity index (χ4n) is 3.59. The van der Waals surface area contributed by atoms with Crippen LogP contribution in [0, 0.1) is 5.82 Å². The predicted molar refractivity (Wildman–Crippen MR) is 90.3 cm³/mol. The Morgan fingerprint density at radius 2 is 2.12 bits per heavy atom. The van der Waals surface area contributed by atoms with Gasteiger partial charge in [-0.3, -0.25) is 4.90 Å². The Bertz CT molecular complexity index is 755. The van der Waals surface area contributed by atoms with E-state index in [1.807, 2.05) is 4.90 Å². The van der Waals surface area contributed by atoms with Gasteiger partial charge in [0.25, 0.3) is 0 Å². The molecule has 0 spiro atoms. The molecule has 0 aliphatic carbocycles. The second kappa shape index (κ2) is 6.84. The summed E-state index contributed by atoms with van der Waals surface area (Å²) in [6, 6.07) is 6.65. The molecule has 0 unspecified atom stereocenters. The van der Waals surface area contributed by atoms with Crippen LogP contribution in [0.3, 0.4) is 0 Å². The number of amides is 2. The molecule has 0 atom stereocenters. The number of piperidine rings is 1. The summed E-state index contributed by atoms with van der Waals surface area (Å²) in [5.74, 6) is 0.142. The molecule has 2 aliphatic rings. The number of hydrogen-bond donors (Lipinski definition) is 1. The van der Waals surface area contributed by atoms with Crippen molar-refractivity contribution in [3.8, 4) is 11.5 Å². The zero-order valence-electron chi connectivity index (χ0n) is 13.9. The predicted octanol–water partition coefficient (Wildman–Crippen LogP) is 2.47. The number of likely N-dealkylation sites (tertiary alicyclic amines) is 1. The molecular formula is C18H21FN4O2. The molecule has 25 heavy (non-hydrogen) atoms. The van der Waals surface area contributed by atoms with Gasteiger partial charge in [0, 0.05) is 44.3 Å². The molecule has 0 radical (unpaired) electrons. The number of nitrogens with zero attached hydrogens (tertiary/aromatic N) is 3. The zero-order chi connectivity index (χ0) is 17.2. The molecule has 2 aromatic rings. The molecule has 2 aliphatic heterocycles. The lowest BCUT2D eigenvalue weighted by Gasteiger charge is -2.35. The van der Waals surface area contributed by atoms with Crippen molar-refractivity contribution in [2.45, 2.75) is 25.4 Å². The van der Waals surface area contributed by atoms with Gasteiger partial charge in [0.15, 0.2) is 0 Å². The van der Waals surface area contributed by atoms with Crippen LogP contribution in [0.25, 0.3) is 11.5 Å². The van der Waals surface area contributed by atoms with Crippen LogP contribution in [0.5, 0.6) is 0 Å². The second-order valence-corrected chi connectivity index (χ2v) is 6.59. The Hall–Kier alpha value is -2.41. The van der Waals surface area contributed by atoms with Crippen LogP contribution in [-0.2, 0) is 6.54 Å². The summed E-state index contributed by atoms with van der Waals surface area (Å²) in [6.45, 7) is 4.12. The maximum absolute atomic E-state index is 13.3. The normalized spacial score (nSPS) is 19.4. The van der Waals surface area contributed by atoms with Crippen molar-refractivity contribution < 1.29 is 13.6 Å². The molecule has 6 nitrogen and oxygen atoms in total. The van der Waals surface area contributed by atoms with Gasteiger partial charge in [-0.2, -0.15) is 0 Å². The van der Waals surface area contributed by atoms with Gasteiger partial charge in [-0.25, -0.2) is 14.2 Å². The van der Waals surface area contributed by atoms with Crippen molar-refractivity contribution >= 4 is 6.03 Å². The minimum Gasteiger partial charge on any atom is -0.444 e. The minimum atomic E-state index is -0.301. The van der Waals surface area contributed by atoms with Gasteiger partial charge < -0.3 is 14.6 Å². The zero-order valence-corrected chi connectivity index (χ0v) is 13.9. The number of hydrogen-bond acceptors (Lipinski definition) is 4. The topological polar surface area (TPSA) is 61.6 Å². The first kappa shape index (κ1) is 16.1. The van der Waals surface area contributed by atoms with E-state index in [2.05, 4.69) is 15.2 Å². The number of benzene rings is 1. The van der Waals surface area contributed by atoms with E-state index in [-0.39, 0.29) is 11.8 Å². The fourth-order valence-corrected chi connectivity index (χ4v) is 3.59. The minimum absolute atomic E-state index is 0.0645. The van der Waals surface area contributed by atoms with Gasteiger partial charge in [-0.15, -0.1) is 0 Å². The van der Waals surface area contributed by atoms with Crippen LogP contribution in [0.4, 0.5) is 9.18 Å². The third-order valence-corrected chi connectivity index (χ3v) is 4.90. The van der Waals surface area contributed by atoms with Crippen molar-refractivity contribution in [2.75, 3.05) is 26.2 Å². The van der Waals surface area contributed by atoms with Crippen LogP contribution in [0.1, 0.15) is 18.5 Å². The Labute approximate surface area is 145 Å². The molecule has 7 heteroatoms. The first-order valence-electron chi connectivity index (χ1n) is 8.66. The molecule has 2 saturated heterocycles. The van der Waals surface area contributed by atoms with Crippen molar-refractivity contribution in [3.63, 3.8) is 0 Å². The van der Waals surface area contributed by atoms with E-state index in [1.165, 1.54) is 12.1 Å². The van der Waals surface area contributed by atoms with Crippen LogP contribution >= 0.6 is 0 Å². The molecule has 4 rings (SSSR count). The Kier molecular flexibility index (Phi) is 4.40. The second-order valence-electron chi connectivity index (χ2n) is 6.59. The van der Waals surface area contributed by atoms with E-state index in [0.29, 0.717) is 24.0 Å². The summed E-state index contributed by atoms with van der Waals surface area (Å²) in [6.07, 6.45) is 3.59. The van der Waals surface area contributed by atoms with Gasteiger partial charge in [-0.1, -0.05) is 6.07 Å². The number of rotatable bonds is 4. The third-order valence-electron chi connectivity index (χ3n) is 4.90. The van der Waals surface area contributed by atoms with Gasteiger partial charge >= 0.3 is 6.03 Å². The highest BCUT2D eigenvalue weighted by molar-refractivity contribution is 5.76. The molecule has 3 heterocycles. The highest BCUT2D eigenvalue weighted by Gasteiger charge is 2.30. The largest absolute Gasteiger partial charge is 0.444 e. The van der Waals surface area contributed by atoms with Crippen molar-refractivity contribution in [3.05, 3.63) is 42.0 Å². The first-order valence-corrected chi connectivity index (χ1v) is 8.66. The molecule has 1 N–H and O–H groups in total. The van der Waals surface area contributed by atoms with E-state index in [0.717, 1.165) is 44.7 Å². The maximum Gasteiger partial charge on any atom is 0.317 e. The summed E-state index contributed by atoms with van der Waals surface area (Å²) >= 11 is 0. The van der Waals surface area contributed by atoms with Gasteiger partial charge in [0.1, 0.15) is 12.1 Å². The lowest BCUT2D eigenvalue weighted by Crippen LogP contribution is -2.45. The number of carbonyl (C=O) groups excluding carboxylic acids is 1. The highest BCUT2D eigenvalue weighted by Crippen LogP contribution is 2.22. The Morgan fingerprint density at radius 1 is 1.28 bits per heavy atom. The average Bonchev–Trinajstić information content (AvgIpc) is 3.25. The molecule has 0 bridgehead atoms. The maximum atomic E-state index is 13.3. The van der Waals surface area contributed by atoms with Crippen LogP contribution in [0.15, 0.2) is 34.9 Å². The highest BCUT2D eigenvalue weighted by atomic mass is 19.1. The third kappa shape index (κ3) is 3.51. The fraction of sp³-hybridized carbons (Fsp3) is 0.444. The lowest BCUT2D eigenvalue weighted by atomic mass is 10.0. The summed E-state index contributed by atoms with van der Waals surface area (Å²) in [7, 11) is 0. The molecule has 1 aromatic carbocycles. The Morgan fingerprint density at radius 3 is 2.84 bits per heavy atom. The van der Waals surface area contributed by atoms with Crippen LogP contribution in [0.2, 0.25) is 0 Å². The van der Waals surface area contributed by atoms with Crippen molar-refractivity contribution in [1.29, 1.82) is 0 Å². The molecule has 0 saturated carbocycles. The van der Waals surface area contributed by atoms with Gasteiger partial charge in [0.2, 0.25) is 5.89 Å². The van der Waals surface area contributed by atoms with Crippen molar-refractivity contribution in [1.82, 2.24) is 20.1 Å². The molecule has 2 amide bonds. The molecule has 132 valence electrons. The smallest absolute Gasteiger partial charge is 0.317 e. The van der Waals surface area contributed by atoms with E-state index < -0.39 is 0 Å². The summed E-state index contributed by atoms with van der Waals surface area (Å²) in [4.78, 5) is 20.5. The number of halogens is 1. The number of aromatic nitrogens is 1. The van der Waals surface area contributed by atoms with E-state index in [1.54, 1.807) is 18.4 Å². The van der Waals surface area contributed by atoms with Crippen LogP contribution < -0.4 is 5.32 Å². The number of nitrogens with one attached hydrogen (secondary N) is 1. The number of urea groups is 1. The summed E-state index contributed by atoms with van der Waals surface area (Å²) in [5, 5.41) is 2.86. The monoisotopic (exact) mass is 344 g/mol. The summed E-state index contributed by atoms with van der Waals surface area (Å²) < 4.78 is 18.8. The quantitative estimate of drug-likeness (QED) is 0.926.